The van der Waals surface area contributed by atoms with Gasteiger partial charge in [0.2, 0.25) is 5.91 Å². The molecule has 0 bridgehead atoms. The Kier molecular flexibility index (Phi) is 6.06. The molecule has 1 N–H and O–H groups in total. The molecule has 5 nitrogen and oxygen atoms in total. The summed E-state index contributed by atoms with van der Waals surface area (Å²) >= 11 is 1.50. The fraction of sp³-hybridized carbons (Fsp3) is 0.400. The number of nitrogens with one attached hydrogen (secondary N) is 1. The Morgan fingerprint density at radius 1 is 1.12 bits per heavy atom. The number of anilines is 1. The summed E-state index contributed by atoms with van der Waals surface area (Å²) < 4.78 is 0. The first-order chi connectivity index (χ1) is 12.6. The number of nitrogens with zero attached hydrogens (tertiary/aromatic N) is 2. The van der Waals surface area contributed by atoms with E-state index in [2.05, 4.69) is 17.1 Å². The number of carbonyl (C=O) groups is 2. The number of thiophene rings is 1. The number of piperazine rings is 1. The normalized spacial score (nSPS) is 15.1. The maximum Gasteiger partial charge on any atom is 0.264 e. The molecule has 0 radical (unpaired) electrons. The fourth-order valence-electron chi connectivity index (χ4n) is 3.19. The van der Waals surface area contributed by atoms with Crippen LogP contribution in [0.4, 0.5) is 5.69 Å². The molecule has 0 saturated carbocycles. The van der Waals surface area contributed by atoms with Crippen LogP contribution < -0.4 is 5.32 Å². The van der Waals surface area contributed by atoms with Crippen molar-refractivity contribution in [2.45, 2.75) is 20.3 Å². The molecule has 6 heteroatoms. The van der Waals surface area contributed by atoms with E-state index in [0.717, 1.165) is 41.2 Å². The van der Waals surface area contributed by atoms with Gasteiger partial charge in [-0.2, -0.15) is 0 Å². The van der Waals surface area contributed by atoms with Crippen LogP contribution >= 0.6 is 11.3 Å². The lowest BCUT2D eigenvalue weighted by Gasteiger charge is -2.34. The SMILES string of the molecule is CCc1ccccc1NC(=O)CN1CCN(C(=O)c2sccc2C)CC1. The second kappa shape index (κ2) is 8.47. The van der Waals surface area contributed by atoms with Crippen LogP contribution in [0.5, 0.6) is 0 Å². The predicted octanol–water partition coefficient (Wildman–Crippen LogP) is 3.02. The van der Waals surface area contributed by atoms with Crippen LogP contribution in [0.1, 0.15) is 27.7 Å². The molecule has 1 aliphatic rings. The summed E-state index contributed by atoms with van der Waals surface area (Å²) in [5.74, 6) is 0.109. The van der Waals surface area contributed by atoms with Crippen molar-refractivity contribution in [3.8, 4) is 0 Å². The third kappa shape index (κ3) is 4.31. The van der Waals surface area contributed by atoms with Gasteiger partial charge in [-0.1, -0.05) is 25.1 Å². The monoisotopic (exact) mass is 371 g/mol. The minimum atomic E-state index is -0.000206. The van der Waals surface area contributed by atoms with Gasteiger partial charge in [0.15, 0.2) is 0 Å². The summed E-state index contributed by atoms with van der Waals surface area (Å²) in [6, 6.07) is 9.88. The van der Waals surface area contributed by atoms with E-state index in [4.69, 9.17) is 0 Å². The predicted molar refractivity (Wildman–Crippen MR) is 106 cm³/mol. The highest BCUT2D eigenvalue weighted by molar-refractivity contribution is 7.12. The molecule has 3 rings (SSSR count). The second-order valence-electron chi connectivity index (χ2n) is 6.56. The van der Waals surface area contributed by atoms with Crippen LogP contribution in [0.25, 0.3) is 0 Å². The maximum atomic E-state index is 12.6. The number of benzene rings is 1. The zero-order chi connectivity index (χ0) is 18.5. The van der Waals surface area contributed by atoms with Gasteiger partial charge in [0.1, 0.15) is 0 Å². The van der Waals surface area contributed by atoms with Gasteiger partial charge in [-0.05, 0) is 42.0 Å². The van der Waals surface area contributed by atoms with E-state index in [1.165, 1.54) is 11.3 Å². The number of carbonyl (C=O) groups excluding carboxylic acids is 2. The first kappa shape index (κ1) is 18.6. The van der Waals surface area contributed by atoms with Crippen molar-refractivity contribution < 1.29 is 9.59 Å². The summed E-state index contributed by atoms with van der Waals surface area (Å²) in [7, 11) is 0. The zero-order valence-corrected chi connectivity index (χ0v) is 16.1. The molecule has 1 aromatic heterocycles. The molecular formula is C20H25N3O2S. The average molecular weight is 372 g/mol. The van der Waals surface area contributed by atoms with E-state index < -0.39 is 0 Å². The van der Waals surface area contributed by atoms with Crippen molar-refractivity contribution in [2.75, 3.05) is 38.0 Å². The summed E-state index contributed by atoms with van der Waals surface area (Å²) in [6.45, 7) is 7.18. The van der Waals surface area contributed by atoms with E-state index in [-0.39, 0.29) is 11.8 Å². The molecule has 2 aromatic rings. The number of hydrogen-bond donors (Lipinski definition) is 1. The fourth-order valence-corrected chi connectivity index (χ4v) is 4.08. The second-order valence-corrected chi connectivity index (χ2v) is 7.48. The van der Waals surface area contributed by atoms with Crippen LogP contribution in [-0.2, 0) is 11.2 Å². The van der Waals surface area contributed by atoms with Crippen molar-refractivity contribution >= 4 is 28.8 Å². The largest absolute Gasteiger partial charge is 0.335 e. The van der Waals surface area contributed by atoms with Gasteiger partial charge in [0, 0.05) is 31.9 Å². The van der Waals surface area contributed by atoms with E-state index in [0.29, 0.717) is 19.6 Å². The number of amides is 2. The van der Waals surface area contributed by atoms with Gasteiger partial charge in [-0.15, -0.1) is 11.3 Å². The summed E-state index contributed by atoms with van der Waals surface area (Å²) in [6.07, 6.45) is 0.888. The Morgan fingerprint density at radius 3 is 2.50 bits per heavy atom. The van der Waals surface area contributed by atoms with Crippen molar-refractivity contribution in [3.63, 3.8) is 0 Å². The Labute approximate surface area is 158 Å². The molecule has 0 spiro atoms. The third-order valence-electron chi connectivity index (χ3n) is 4.76. The highest BCUT2D eigenvalue weighted by atomic mass is 32.1. The van der Waals surface area contributed by atoms with Gasteiger partial charge in [-0.25, -0.2) is 0 Å². The molecular weight excluding hydrogens is 346 g/mol. The highest BCUT2D eigenvalue weighted by Gasteiger charge is 2.24. The molecule has 0 unspecified atom stereocenters. The summed E-state index contributed by atoms with van der Waals surface area (Å²) in [5, 5.41) is 4.97. The zero-order valence-electron chi connectivity index (χ0n) is 15.3. The quantitative estimate of drug-likeness (QED) is 0.879. The maximum absolute atomic E-state index is 12.6. The molecule has 2 heterocycles. The van der Waals surface area contributed by atoms with Crippen LogP contribution in [0, 0.1) is 6.92 Å². The number of hydrogen-bond acceptors (Lipinski definition) is 4. The van der Waals surface area contributed by atoms with E-state index >= 15 is 0 Å². The van der Waals surface area contributed by atoms with E-state index in [1.807, 2.05) is 47.5 Å². The molecule has 1 saturated heterocycles. The van der Waals surface area contributed by atoms with Crippen LogP contribution in [0.3, 0.4) is 0 Å². The molecule has 1 fully saturated rings. The topological polar surface area (TPSA) is 52.7 Å². The highest BCUT2D eigenvalue weighted by Crippen LogP contribution is 2.19. The minimum absolute atomic E-state index is 0.000206. The van der Waals surface area contributed by atoms with Gasteiger partial charge in [-0.3, -0.25) is 14.5 Å². The van der Waals surface area contributed by atoms with E-state index in [9.17, 15) is 9.59 Å². The van der Waals surface area contributed by atoms with Gasteiger partial charge in [0.25, 0.3) is 5.91 Å². The molecule has 0 aliphatic carbocycles. The lowest BCUT2D eigenvalue weighted by Crippen LogP contribution is -2.50. The van der Waals surface area contributed by atoms with Crippen molar-refractivity contribution in [1.29, 1.82) is 0 Å². The first-order valence-electron chi connectivity index (χ1n) is 9.02. The van der Waals surface area contributed by atoms with Crippen LogP contribution in [0.15, 0.2) is 35.7 Å². The lowest BCUT2D eigenvalue weighted by molar-refractivity contribution is -0.117. The van der Waals surface area contributed by atoms with Crippen LogP contribution in [0.2, 0.25) is 0 Å². The smallest absolute Gasteiger partial charge is 0.264 e. The summed E-state index contributed by atoms with van der Waals surface area (Å²) in [5.41, 5.74) is 3.07. The molecule has 0 atom stereocenters. The van der Waals surface area contributed by atoms with Crippen molar-refractivity contribution in [1.82, 2.24) is 9.80 Å². The molecule has 1 aliphatic heterocycles. The van der Waals surface area contributed by atoms with Crippen molar-refractivity contribution in [3.05, 3.63) is 51.7 Å². The Hall–Kier alpha value is -2.18. The number of para-hydroxylation sites is 1. The Morgan fingerprint density at radius 2 is 1.85 bits per heavy atom. The summed E-state index contributed by atoms with van der Waals surface area (Å²) in [4.78, 5) is 29.7. The van der Waals surface area contributed by atoms with Gasteiger partial charge in [0.05, 0.1) is 11.4 Å². The van der Waals surface area contributed by atoms with Crippen LogP contribution in [-0.4, -0.2) is 54.3 Å². The van der Waals surface area contributed by atoms with Gasteiger partial charge < -0.3 is 10.2 Å². The minimum Gasteiger partial charge on any atom is -0.335 e. The van der Waals surface area contributed by atoms with Gasteiger partial charge >= 0.3 is 0 Å². The molecule has 1 aromatic carbocycles. The first-order valence-corrected chi connectivity index (χ1v) is 9.90. The average Bonchev–Trinajstić information content (AvgIpc) is 3.08. The van der Waals surface area contributed by atoms with Crippen molar-refractivity contribution in [2.24, 2.45) is 0 Å². The molecule has 138 valence electrons. The Bertz CT molecular complexity index is 779. The third-order valence-corrected chi connectivity index (χ3v) is 5.76. The number of aryl methyl sites for hydroxylation is 2. The standard InChI is InChI=1S/C20H25N3O2S/c1-3-16-6-4-5-7-17(16)21-18(24)14-22-9-11-23(12-10-22)20(25)19-15(2)8-13-26-19/h4-8,13H,3,9-12,14H2,1-2H3,(H,21,24). The molecule has 2 amide bonds. The lowest BCUT2D eigenvalue weighted by atomic mass is 10.1. The molecule has 26 heavy (non-hydrogen) atoms. The Balaban J connectivity index is 1.50. The number of rotatable bonds is 5. The van der Waals surface area contributed by atoms with E-state index in [1.54, 1.807) is 0 Å².